The third kappa shape index (κ3) is 2.75. The molecule has 2 aromatic rings. The number of benzene rings is 2. The lowest BCUT2D eigenvalue weighted by Gasteiger charge is -2.08. The van der Waals surface area contributed by atoms with Gasteiger partial charge in [0.2, 0.25) is 0 Å². The monoisotopic (exact) mass is 285 g/mol. The highest BCUT2D eigenvalue weighted by molar-refractivity contribution is 6.35. The molecule has 0 unspecified atom stereocenters. The Hall–Kier alpha value is -0.730. The summed E-state index contributed by atoms with van der Waals surface area (Å²) in [5.41, 5.74) is 8.35. The number of halogens is 3. The summed E-state index contributed by atoms with van der Waals surface area (Å²) in [4.78, 5) is 0. The lowest BCUT2D eigenvalue weighted by atomic mass is 10.0. The SMILES string of the molecule is NCc1cc(-c2cc(Cl)ccc2Cl)ccc1Cl. The first kappa shape index (κ1) is 12.7. The molecule has 2 rings (SSSR count). The molecule has 0 radical (unpaired) electrons. The molecule has 0 spiro atoms. The first-order chi connectivity index (χ1) is 8.11. The molecule has 0 heterocycles. The lowest BCUT2D eigenvalue weighted by Crippen LogP contribution is -1.97. The largest absolute Gasteiger partial charge is 0.326 e. The van der Waals surface area contributed by atoms with E-state index in [2.05, 4.69) is 0 Å². The van der Waals surface area contributed by atoms with Crippen LogP contribution in [-0.2, 0) is 6.54 Å². The van der Waals surface area contributed by atoms with E-state index < -0.39 is 0 Å². The molecule has 1 nitrogen and oxygen atoms in total. The van der Waals surface area contributed by atoms with Crippen LogP contribution in [0.4, 0.5) is 0 Å². The van der Waals surface area contributed by atoms with E-state index >= 15 is 0 Å². The van der Waals surface area contributed by atoms with E-state index in [9.17, 15) is 0 Å². The maximum atomic E-state index is 6.14. The third-order valence-electron chi connectivity index (χ3n) is 2.51. The first-order valence-electron chi connectivity index (χ1n) is 5.05. The zero-order chi connectivity index (χ0) is 12.4. The van der Waals surface area contributed by atoms with Gasteiger partial charge in [0.1, 0.15) is 0 Å². The van der Waals surface area contributed by atoms with Gasteiger partial charge < -0.3 is 5.73 Å². The van der Waals surface area contributed by atoms with Crippen LogP contribution in [0.5, 0.6) is 0 Å². The Morgan fingerprint density at radius 2 is 1.59 bits per heavy atom. The molecule has 2 N–H and O–H groups in total. The molecule has 0 saturated heterocycles. The standard InChI is InChI=1S/C13H10Cl3N/c14-10-2-4-13(16)11(6-10)8-1-3-12(15)9(5-8)7-17/h1-6H,7,17H2. The van der Waals surface area contributed by atoms with Gasteiger partial charge in [-0.1, -0.05) is 40.9 Å². The van der Waals surface area contributed by atoms with Gasteiger partial charge in [-0.05, 0) is 41.5 Å². The summed E-state index contributed by atoms with van der Waals surface area (Å²) in [5.74, 6) is 0. The van der Waals surface area contributed by atoms with E-state index in [0.717, 1.165) is 16.7 Å². The van der Waals surface area contributed by atoms with Crippen molar-refractivity contribution in [2.75, 3.05) is 0 Å². The summed E-state index contributed by atoms with van der Waals surface area (Å²) < 4.78 is 0. The van der Waals surface area contributed by atoms with E-state index in [1.54, 1.807) is 12.1 Å². The second-order valence-corrected chi connectivity index (χ2v) is 4.89. The average molecular weight is 287 g/mol. The third-order valence-corrected chi connectivity index (χ3v) is 3.44. The van der Waals surface area contributed by atoms with Crippen LogP contribution in [0.2, 0.25) is 15.1 Å². The Bertz CT molecular complexity index is 552. The molecule has 0 fully saturated rings. The highest BCUT2D eigenvalue weighted by Gasteiger charge is 2.07. The van der Waals surface area contributed by atoms with E-state index in [0.29, 0.717) is 21.6 Å². The van der Waals surface area contributed by atoms with Crippen molar-refractivity contribution < 1.29 is 0 Å². The van der Waals surface area contributed by atoms with E-state index in [4.69, 9.17) is 40.5 Å². The Morgan fingerprint density at radius 1 is 0.882 bits per heavy atom. The molecule has 4 heteroatoms. The zero-order valence-electron chi connectivity index (χ0n) is 8.88. The molecule has 0 aliphatic heterocycles. The molecule has 0 bridgehead atoms. The lowest BCUT2D eigenvalue weighted by molar-refractivity contribution is 1.07. The molecule has 0 amide bonds. The van der Waals surface area contributed by atoms with Gasteiger partial charge in [-0.2, -0.15) is 0 Å². The van der Waals surface area contributed by atoms with Crippen LogP contribution in [0.25, 0.3) is 11.1 Å². The van der Waals surface area contributed by atoms with Crippen LogP contribution >= 0.6 is 34.8 Å². The first-order valence-corrected chi connectivity index (χ1v) is 6.19. The number of hydrogen-bond donors (Lipinski definition) is 1. The number of hydrogen-bond acceptors (Lipinski definition) is 1. The fourth-order valence-electron chi connectivity index (χ4n) is 1.62. The Balaban J connectivity index is 2.56. The van der Waals surface area contributed by atoms with Crippen molar-refractivity contribution in [1.29, 1.82) is 0 Å². The molecule has 0 atom stereocenters. The van der Waals surface area contributed by atoms with Crippen molar-refractivity contribution >= 4 is 34.8 Å². The van der Waals surface area contributed by atoms with Crippen molar-refractivity contribution in [3.63, 3.8) is 0 Å². The van der Waals surface area contributed by atoms with Crippen LogP contribution < -0.4 is 5.73 Å². The van der Waals surface area contributed by atoms with Gasteiger partial charge in [-0.25, -0.2) is 0 Å². The van der Waals surface area contributed by atoms with Crippen molar-refractivity contribution in [3.05, 3.63) is 57.0 Å². The maximum Gasteiger partial charge on any atom is 0.0485 e. The van der Waals surface area contributed by atoms with Crippen molar-refractivity contribution in [2.45, 2.75) is 6.54 Å². The van der Waals surface area contributed by atoms with Crippen LogP contribution in [0.1, 0.15) is 5.56 Å². The smallest absolute Gasteiger partial charge is 0.0485 e. The van der Waals surface area contributed by atoms with Gasteiger partial charge in [0.25, 0.3) is 0 Å². The van der Waals surface area contributed by atoms with Gasteiger partial charge in [0, 0.05) is 27.2 Å². The van der Waals surface area contributed by atoms with E-state index in [1.165, 1.54) is 0 Å². The molecule has 0 saturated carbocycles. The van der Waals surface area contributed by atoms with Gasteiger partial charge >= 0.3 is 0 Å². The fourth-order valence-corrected chi connectivity index (χ4v) is 2.21. The summed E-state index contributed by atoms with van der Waals surface area (Å²) in [5, 5.41) is 1.96. The summed E-state index contributed by atoms with van der Waals surface area (Å²) in [7, 11) is 0. The quantitative estimate of drug-likeness (QED) is 0.845. The average Bonchev–Trinajstić information content (AvgIpc) is 2.33. The topological polar surface area (TPSA) is 26.0 Å². The molecule has 88 valence electrons. The fraction of sp³-hybridized carbons (Fsp3) is 0.0769. The highest BCUT2D eigenvalue weighted by Crippen LogP contribution is 2.32. The molecular formula is C13H10Cl3N. The van der Waals surface area contributed by atoms with Gasteiger partial charge in [0.15, 0.2) is 0 Å². The summed E-state index contributed by atoms with van der Waals surface area (Å²) in [6.07, 6.45) is 0. The molecule has 0 aromatic heterocycles. The molecule has 17 heavy (non-hydrogen) atoms. The van der Waals surface area contributed by atoms with Crippen LogP contribution in [0.15, 0.2) is 36.4 Å². The predicted octanol–water partition coefficient (Wildman–Crippen LogP) is 4.77. The second kappa shape index (κ2) is 5.28. The molecule has 0 aliphatic carbocycles. The van der Waals surface area contributed by atoms with Crippen molar-refractivity contribution in [3.8, 4) is 11.1 Å². The maximum absolute atomic E-state index is 6.14. The summed E-state index contributed by atoms with van der Waals surface area (Å²) in [6, 6.07) is 11.0. The summed E-state index contributed by atoms with van der Waals surface area (Å²) in [6.45, 7) is 0.394. The molecule has 2 aromatic carbocycles. The second-order valence-electron chi connectivity index (χ2n) is 3.63. The minimum Gasteiger partial charge on any atom is -0.326 e. The highest BCUT2D eigenvalue weighted by atomic mass is 35.5. The Kier molecular flexibility index (Phi) is 3.95. The van der Waals surface area contributed by atoms with Gasteiger partial charge in [-0.15, -0.1) is 0 Å². The Labute approximate surface area is 115 Å². The van der Waals surface area contributed by atoms with Gasteiger partial charge in [0.05, 0.1) is 0 Å². The Morgan fingerprint density at radius 3 is 2.29 bits per heavy atom. The minimum absolute atomic E-state index is 0.394. The van der Waals surface area contributed by atoms with Crippen molar-refractivity contribution in [1.82, 2.24) is 0 Å². The molecular weight excluding hydrogens is 277 g/mol. The minimum atomic E-state index is 0.394. The molecule has 0 aliphatic rings. The van der Waals surface area contributed by atoms with Gasteiger partial charge in [-0.3, -0.25) is 0 Å². The number of nitrogens with two attached hydrogens (primary N) is 1. The van der Waals surface area contributed by atoms with Crippen molar-refractivity contribution in [2.24, 2.45) is 5.73 Å². The van der Waals surface area contributed by atoms with E-state index in [1.807, 2.05) is 24.3 Å². The number of rotatable bonds is 2. The van der Waals surface area contributed by atoms with Crippen LogP contribution in [-0.4, -0.2) is 0 Å². The van der Waals surface area contributed by atoms with E-state index in [-0.39, 0.29) is 0 Å². The van der Waals surface area contributed by atoms with Crippen LogP contribution in [0.3, 0.4) is 0 Å². The van der Waals surface area contributed by atoms with Crippen LogP contribution in [0, 0.1) is 0 Å². The predicted molar refractivity (Wildman–Crippen MR) is 74.8 cm³/mol. The summed E-state index contributed by atoms with van der Waals surface area (Å²) >= 11 is 18.1. The zero-order valence-corrected chi connectivity index (χ0v) is 11.2. The normalized spacial score (nSPS) is 10.6.